The van der Waals surface area contributed by atoms with E-state index >= 15 is 0 Å². The van der Waals surface area contributed by atoms with Gasteiger partial charge in [0.2, 0.25) is 11.9 Å². The number of nitrogens with one attached hydrogen (secondary N) is 1. The first-order chi connectivity index (χ1) is 11.0. The first kappa shape index (κ1) is 15.3. The van der Waals surface area contributed by atoms with Crippen LogP contribution in [0.15, 0.2) is 30.5 Å². The molecule has 0 fully saturated rings. The molecule has 1 N–H and O–H groups in total. The summed E-state index contributed by atoms with van der Waals surface area (Å²) in [4.78, 5) is 22.6. The number of rotatable bonds is 4. The second kappa shape index (κ2) is 6.24. The molecule has 0 unspecified atom stereocenters. The molecule has 6 nitrogen and oxygen atoms in total. The number of aromatic nitrogens is 2. The van der Waals surface area contributed by atoms with Crippen molar-refractivity contribution in [1.29, 1.82) is 0 Å². The predicted molar refractivity (Wildman–Crippen MR) is 88.3 cm³/mol. The number of nitrogens with zero attached hydrogens (tertiary/aromatic N) is 3. The Balaban J connectivity index is 1.85. The van der Waals surface area contributed by atoms with Gasteiger partial charge in [-0.15, -0.1) is 0 Å². The minimum atomic E-state index is -0.0486. The standard InChI is InChI=1S/C17H20N4O2/c1-11(2)19-15(22)9-21(3)17-18-8-12-10-23-14-7-5-4-6-13(14)16(12)20-17/h4-8,11H,9-10H2,1-3H3,(H,19,22). The van der Waals surface area contributed by atoms with E-state index in [1.807, 2.05) is 45.2 Å². The fourth-order valence-corrected chi connectivity index (χ4v) is 2.52. The predicted octanol–water partition coefficient (Wildman–Crippen LogP) is 2.00. The highest BCUT2D eigenvalue weighted by Gasteiger charge is 2.20. The van der Waals surface area contributed by atoms with E-state index in [4.69, 9.17) is 4.74 Å². The zero-order chi connectivity index (χ0) is 16.4. The van der Waals surface area contributed by atoms with Crippen molar-refractivity contribution < 1.29 is 9.53 Å². The van der Waals surface area contributed by atoms with Crippen molar-refractivity contribution in [1.82, 2.24) is 15.3 Å². The van der Waals surface area contributed by atoms with Gasteiger partial charge in [0.15, 0.2) is 0 Å². The van der Waals surface area contributed by atoms with Crippen LogP contribution in [-0.2, 0) is 11.4 Å². The van der Waals surface area contributed by atoms with E-state index in [2.05, 4.69) is 15.3 Å². The smallest absolute Gasteiger partial charge is 0.239 e. The molecule has 0 radical (unpaired) electrons. The van der Waals surface area contributed by atoms with Crippen LogP contribution >= 0.6 is 0 Å². The number of fused-ring (bicyclic) bond motifs is 3. The number of hydrogen-bond donors (Lipinski definition) is 1. The zero-order valence-electron chi connectivity index (χ0n) is 13.5. The first-order valence-electron chi connectivity index (χ1n) is 7.63. The van der Waals surface area contributed by atoms with Gasteiger partial charge in [0.1, 0.15) is 12.4 Å². The molecule has 0 bridgehead atoms. The number of amides is 1. The SMILES string of the molecule is CC(C)NC(=O)CN(C)c1ncc2c(n1)-c1ccccc1OC2. The second-order valence-electron chi connectivity index (χ2n) is 5.91. The molecule has 1 aromatic heterocycles. The monoisotopic (exact) mass is 312 g/mol. The van der Waals surface area contributed by atoms with Crippen LogP contribution in [0.3, 0.4) is 0 Å². The van der Waals surface area contributed by atoms with Crippen molar-refractivity contribution >= 4 is 11.9 Å². The van der Waals surface area contributed by atoms with Gasteiger partial charge >= 0.3 is 0 Å². The molecule has 0 atom stereocenters. The Bertz CT molecular complexity index is 730. The van der Waals surface area contributed by atoms with Crippen molar-refractivity contribution in [3.63, 3.8) is 0 Å². The molecule has 0 aliphatic carbocycles. The van der Waals surface area contributed by atoms with E-state index in [0.717, 1.165) is 22.6 Å². The van der Waals surface area contributed by atoms with Crippen LogP contribution < -0.4 is 15.0 Å². The Kier molecular flexibility index (Phi) is 4.14. The summed E-state index contributed by atoms with van der Waals surface area (Å²) in [5.74, 6) is 1.30. The molecule has 0 saturated heterocycles. The number of para-hydroxylation sites is 1. The van der Waals surface area contributed by atoms with E-state index in [1.165, 1.54) is 0 Å². The zero-order valence-corrected chi connectivity index (χ0v) is 13.5. The van der Waals surface area contributed by atoms with E-state index < -0.39 is 0 Å². The van der Waals surface area contributed by atoms with Crippen molar-refractivity contribution in [3.8, 4) is 17.0 Å². The molecule has 1 aliphatic heterocycles. The summed E-state index contributed by atoms with van der Waals surface area (Å²) in [5.41, 5.74) is 2.78. The lowest BCUT2D eigenvalue weighted by Gasteiger charge is -2.22. The topological polar surface area (TPSA) is 67.4 Å². The molecule has 120 valence electrons. The fraction of sp³-hybridized carbons (Fsp3) is 0.353. The molecule has 23 heavy (non-hydrogen) atoms. The number of likely N-dealkylation sites (N-methyl/N-ethyl adjacent to an activating group) is 1. The molecule has 0 saturated carbocycles. The maximum atomic E-state index is 11.9. The highest BCUT2D eigenvalue weighted by atomic mass is 16.5. The maximum absolute atomic E-state index is 11.9. The van der Waals surface area contributed by atoms with Gasteiger partial charge in [-0.2, -0.15) is 0 Å². The number of benzene rings is 1. The van der Waals surface area contributed by atoms with E-state index in [9.17, 15) is 4.79 Å². The van der Waals surface area contributed by atoms with Gasteiger partial charge in [-0.25, -0.2) is 9.97 Å². The lowest BCUT2D eigenvalue weighted by molar-refractivity contribution is -0.120. The van der Waals surface area contributed by atoms with Gasteiger partial charge in [-0.1, -0.05) is 12.1 Å². The van der Waals surface area contributed by atoms with Crippen LogP contribution in [0.1, 0.15) is 19.4 Å². The molecule has 1 aliphatic rings. The normalized spacial score (nSPS) is 12.2. The average molecular weight is 312 g/mol. The van der Waals surface area contributed by atoms with Crippen LogP contribution in [0.25, 0.3) is 11.3 Å². The van der Waals surface area contributed by atoms with Crippen LogP contribution in [0.2, 0.25) is 0 Å². The summed E-state index contributed by atoms with van der Waals surface area (Å²) < 4.78 is 5.70. The molecular weight excluding hydrogens is 292 g/mol. The molecule has 6 heteroatoms. The van der Waals surface area contributed by atoms with Gasteiger partial charge in [0.25, 0.3) is 0 Å². The van der Waals surface area contributed by atoms with E-state index in [-0.39, 0.29) is 18.5 Å². The third kappa shape index (κ3) is 3.26. The average Bonchev–Trinajstić information content (AvgIpc) is 2.53. The molecule has 2 aromatic rings. The maximum Gasteiger partial charge on any atom is 0.239 e. The van der Waals surface area contributed by atoms with Crippen LogP contribution in [0.5, 0.6) is 5.75 Å². The summed E-state index contributed by atoms with van der Waals surface area (Å²) in [6.07, 6.45) is 1.77. The minimum Gasteiger partial charge on any atom is -0.488 e. The van der Waals surface area contributed by atoms with Gasteiger partial charge in [-0.05, 0) is 26.0 Å². The van der Waals surface area contributed by atoms with Gasteiger partial charge in [0.05, 0.1) is 12.2 Å². The number of carbonyl (C=O) groups excluding carboxylic acids is 1. The number of ether oxygens (including phenoxy) is 1. The molecule has 1 aromatic carbocycles. The highest BCUT2D eigenvalue weighted by molar-refractivity contribution is 5.81. The van der Waals surface area contributed by atoms with Crippen molar-refractivity contribution in [2.24, 2.45) is 0 Å². The minimum absolute atomic E-state index is 0.0486. The van der Waals surface area contributed by atoms with Crippen molar-refractivity contribution in [2.45, 2.75) is 26.5 Å². The summed E-state index contributed by atoms with van der Waals surface area (Å²) in [6, 6.07) is 7.92. The van der Waals surface area contributed by atoms with Crippen LogP contribution in [-0.4, -0.2) is 35.5 Å². The first-order valence-corrected chi connectivity index (χ1v) is 7.63. The third-order valence-electron chi connectivity index (χ3n) is 3.55. The molecule has 1 amide bonds. The molecular formula is C17H20N4O2. The summed E-state index contributed by atoms with van der Waals surface area (Å²) in [5, 5.41) is 2.87. The largest absolute Gasteiger partial charge is 0.488 e. The lowest BCUT2D eigenvalue weighted by Crippen LogP contribution is -2.39. The van der Waals surface area contributed by atoms with Crippen LogP contribution in [0.4, 0.5) is 5.95 Å². The molecule has 2 heterocycles. The molecule has 0 spiro atoms. The number of carbonyl (C=O) groups is 1. The summed E-state index contributed by atoms with van der Waals surface area (Å²) in [6.45, 7) is 4.55. The Morgan fingerprint density at radius 3 is 2.96 bits per heavy atom. The Morgan fingerprint density at radius 2 is 2.17 bits per heavy atom. The second-order valence-corrected chi connectivity index (χ2v) is 5.91. The van der Waals surface area contributed by atoms with Gasteiger partial charge in [-0.3, -0.25) is 4.79 Å². The van der Waals surface area contributed by atoms with Crippen molar-refractivity contribution in [3.05, 3.63) is 36.0 Å². The third-order valence-corrected chi connectivity index (χ3v) is 3.55. The van der Waals surface area contributed by atoms with E-state index in [1.54, 1.807) is 11.1 Å². The quantitative estimate of drug-likeness (QED) is 0.935. The Morgan fingerprint density at radius 1 is 1.39 bits per heavy atom. The Labute approximate surface area is 135 Å². The van der Waals surface area contributed by atoms with Crippen LogP contribution in [0, 0.1) is 0 Å². The summed E-state index contributed by atoms with van der Waals surface area (Å²) >= 11 is 0. The fourth-order valence-electron chi connectivity index (χ4n) is 2.52. The Hall–Kier alpha value is -2.63. The van der Waals surface area contributed by atoms with Gasteiger partial charge < -0.3 is 15.0 Å². The van der Waals surface area contributed by atoms with Gasteiger partial charge in [0, 0.05) is 30.4 Å². The number of hydrogen-bond acceptors (Lipinski definition) is 5. The van der Waals surface area contributed by atoms with E-state index in [0.29, 0.717) is 12.6 Å². The summed E-state index contributed by atoms with van der Waals surface area (Å²) in [7, 11) is 1.81. The highest BCUT2D eigenvalue weighted by Crippen LogP contribution is 2.36. The van der Waals surface area contributed by atoms with Crippen molar-refractivity contribution in [2.75, 3.05) is 18.5 Å². The molecule has 3 rings (SSSR count). The number of anilines is 1. The lowest BCUT2D eigenvalue weighted by atomic mass is 10.0.